The van der Waals surface area contributed by atoms with Gasteiger partial charge in [0, 0.05) is 34.3 Å². The molecule has 2 aromatic rings. The Hall–Kier alpha value is -2.70. The molecule has 3 rings (SSSR count). The van der Waals surface area contributed by atoms with Crippen molar-refractivity contribution in [2.24, 2.45) is 5.41 Å². The number of nitrogens with one attached hydrogen (secondary N) is 1. The molecule has 35 heavy (non-hydrogen) atoms. The van der Waals surface area contributed by atoms with Crippen molar-refractivity contribution in [1.82, 2.24) is 8.96 Å². The first-order valence-corrected chi connectivity index (χ1v) is 13.1. The molecule has 1 atom stereocenters. The third kappa shape index (κ3) is 8.18. The number of amides is 1. The Morgan fingerprint density at radius 1 is 1.26 bits per heavy atom. The second-order valence-electron chi connectivity index (χ2n) is 9.57. The molecular formula is C29H35N3OS2. The third-order valence-electron chi connectivity index (χ3n) is 6.10. The molecule has 0 aliphatic heterocycles. The lowest BCUT2D eigenvalue weighted by Gasteiger charge is -2.37. The lowest BCUT2D eigenvalue weighted by Crippen LogP contribution is -2.26. The minimum Gasteiger partial charge on any atom is -0.322 e. The Bertz CT molecular complexity index is 1180. The van der Waals surface area contributed by atoms with Gasteiger partial charge in [-0.3, -0.25) is 8.77 Å². The van der Waals surface area contributed by atoms with Crippen LogP contribution in [0.1, 0.15) is 47.5 Å². The van der Waals surface area contributed by atoms with Crippen LogP contribution in [-0.4, -0.2) is 20.1 Å². The maximum Gasteiger partial charge on any atom is 0.248 e. The largest absolute Gasteiger partial charge is 0.322 e. The highest BCUT2D eigenvalue weighted by Gasteiger charge is 2.32. The SMILES string of the molecule is CC1=C(/C=C/C(C)=C/C=C/C(C)=C/C(=O)Nc2cccc(S)c2)C(C)(C)CCC1Sn1ccnc1. The van der Waals surface area contributed by atoms with E-state index >= 15 is 0 Å². The number of benzene rings is 1. The van der Waals surface area contributed by atoms with Crippen molar-refractivity contribution < 1.29 is 4.79 Å². The van der Waals surface area contributed by atoms with Crippen LogP contribution in [0.25, 0.3) is 0 Å². The number of hydrogen-bond donors (Lipinski definition) is 2. The van der Waals surface area contributed by atoms with E-state index in [1.807, 2.05) is 74.0 Å². The molecule has 4 nitrogen and oxygen atoms in total. The molecule has 0 saturated heterocycles. The molecule has 0 fully saturated rings. The summed E-state index contributed by atoms with van der Waals surface area (Å²) >= 11 is 6.14. The van der Waals surface area contributed by atoms with Gasteiger partial charge in [0.2, 0.25) is 5.91 Å². The molecule has 0 bridgehead atoms. The smallest absolute Gasteiger partial charge is 0.248 e. The van der Waals surface area contributed by atoms with Crippen molar-refractivity contribution in [3.8, 4) is 0 Å². The summed E-state index contributed by atoms with van der Waals surface area (Å²) in [6.45, 7) is 10.9. The van der Waals surface area contributed by atoms with Crippen LogP contribution in [0.15, 0.2) is 107 Å². The van der Waals surface area contributed by atoms with Gasteiger partial charge >= 0.3 is 0 Å². The van der Waals surface area contributed by atoms with E-state index in [-0.39, 0.29) is 11.3 Å². The Balaban J connectivity index is 1.64. The normalized spacial score (nSPS) is 19.1. The van der Waals surface area contributed by atoms with Gasteiger partial charge in [0.15, 0.2) is 0 Å². The molecule has 1 aromatic carbocycles. The maximum absolute atomic E-state index is 12.2. The van der Waals surface area contributed by atoms with Crippen LogP contribution in [0.4, 0.5) is 5.69 Å². The van der Waals surface area contributed by atoms with Gasteiger partial charge < -0.3 is 5.32 Å². The number of thiol groups is 1. The van der Waals surface area contributed by atoms with Crippen LogP contribution < -0.4 is 5.32 Å². The lowest BCUT2D eigenvalue weighted by atomic mass is 9.72. The zero-order valence-corrected chi connectivity index (χ0v) is 22.9. The van der Waals surface area contributed by atoms with E-state index in [9.17, 15) is 4.79 Å². The number of nitrogens with zero attached hydrogens (tertiary/aromatic N) is 2. The van der Waals surface area contributed by atoms with Gasteiger partial charge in [-0.25, -0.2) is 4.98 Å². The van der Waals surface area contributed by atoms with Crippen LogP contribution in [0.2, 0.25) is 0 Å². The van der Waals surface area contributed by atoms with Gasteiger partial charge in [-0.05, 0) is 80.3 Å². The van der Waals surface area contributed by atoms with Gasteiger partial charge in [0.1, 0.15) is 6.33 Å². The summed E-state index contributed by atoms with van der Waals surface area (Å²) in [4.78, 5) is 17.2. The van der Waals surface area contributed by atoms with E-state index in [2.05, 4.69) is 72.8 Å². The molecule has 184 valence electrons. The molecule has 0 spiro atoms. The van der Waals surface area contributed by atoms with Gasteiger partial charge in [0.05, 0.1) is 0 Å². The first-order valence-electron chi connectivity index (χ1n) is 11.8. The summed E-state index contributed by atoms with van der Waals surface area (Å²) in [5.74, 6) is -0.156. The number of imidazole rings is 1. The topological polar surface area (TPSA) is 46.9 Å². The number of hydrogen-bond acceptors (Lipinski definition) is 4. The number of aromatic nitrogens is 2. The number of allylic oxidation sites excluding steroid dienone is 8. The molecule has 0 radical (unpaired) electrons. The Labute approximate surface area is 219 Å². The van der Waals surface area contributed by atoms with E-state index in [1.165, 1.54) is 11.1 Å². The van der Waals surface area contributed by atoms with E-state index in [0.29, 0.717) is 5.25 Å². The maximum atomic E-state index is 12.2. The van der Waals surface area contributed by atoms with Gasteiger partial charge in [-0.1, -0.05) is 61.4 Å². The summed E-state index contributed by atoms with van der Waals surface area (Å²) in [5.41, 5.74) is 5.77. The molecule has 1 unspecified atom stereocenters. The van der Waals surface area contributed by atoms with E-state index < -0.39 is 0 Å². The zero-order chi connectivity index (χ0) is 25.4. The van der Waals surface area contributed by atoms with Crippen molar-refractivity contribution in [3.63, 3.8) is 0 Å². The highest BCUT2D eigenvalue weighted by atomic mass is 32.2. The van der Waals surface area contributed by atoms with Crippen molar-refractivity contribution in [1.29, 1.82) is 0 Å². The molecule has 1 aliphatic carbocycles. The average Bonchev–Trinajstić information content (AvgIpc) is 3.28. The number of rotatable bonds is 8. The Kier molecular flexibility index (Phi) is 9.47. The van der Waals surface area contributed by atoms with Crippen LogP contribution in [0, 0.1) is 5.41 Å². The predicted octanol–water partition coefficient (Wildman–Crippen LogP) is 7.82. The van der Waals surface area contributed by atoms with Crippen molar-refractivity contribution in [3.05, 3.63) is 102 Å². The number of anilines is 1. The summed E-state index contributed by atoms with van der Waals surface area (Å²) in [7, 11) is 0. The molecule has 6 heteroatoms. The van der Waals surface area contributed by atoms with E-state index in [0.717, 1.165) is 34.6 Å². The van der Waals surface area contributed by atoms with Crippen molar-refractivity contribution in [2.45, 2.75) is 57.6 Å². The summed E-state index contributed by atoms with van der Waals surface area (Å²) < 4.78 is 2.09. The fraction of sp³-hybridized carbons (Fsp3) is 0.310. The van der Waals surface area contributed by atoms with Crippen LogP contribution in [0.5, 0.6) is 0 Å². The molecule has 1 aliphatic rings. The second kappa shape index (κ2) is 12.3. The van der Waals surface area contributed by atoms with Crippen molar-refractivity contribution >= 4 is 36.2 Å². The lowest BCUT2D eigenvalue weighted by molar-refractivity contribution is -0.111. The highest BCUT2D eigenvalue weighted by Crippen LogP contribution is 2.44. The standard InChI is InChI=1S/C29H35N3OS2/c1-21(8-6-9-22(2)18-28(33)31-24-10-7-11-25(34)19-24)12-13-26-23(3)27(14-15-29(26,4)5)35-32-17-16-30-20-32/h6-13,16-20,27,34H,14-15H2,1-5H3,(H,31,33)/b9-6+,13-12+,21-8+,22-18+. The molecular weight excluding hydrogens is 470 g/mol. The molecule has 1 N–H and O–H groups in total. The Morgan fingerprint density at radius 3 is 2.77 bits per heavy atom. The fourth-order valence-electron chi connectivity index (χ4n) is 4.13. The first kappa shape index (κ1) is 26.9. The van der Waals surface area contributed by atoms with Crippen LogP contribution in [0.3, 0.4) is 0 Å². The second-order valence-corrected chi connectivity index (χ2v) is 11.3. The summed E-state index contributed by atoms with van der Waals surface area (Å²) in [5, 5.41) is 3.32. The molecule has 0 saturated carbocycles. The van der Waals surface area contributed by atoms with Gasteiger partial charge in [-0.2, -0.15) is 0 Å². The van der Waals surface area contributed by atoms with Gasteiger partial charge in [-0.15, -0.1) is 12.6 Å². The fourth-order valence-corrected chi connectivity index (χ4v) is 5.40. The van der Waals surface area contributed by atoms with E-state index in [1.54, 1.807) is 6.08 Å². The monoisotopic (exact) mass is 505 g/mol. The third-order valence-corrected chi connectivity index (χ3v) is 7.68. The van der Waals surface area contributed by atoms with Crippen molar-refractivity contribution in [2.75, 3.05) is 5.32 Å². The number of carbonyl (C=O) groups is 1. The predicted molar refractivity (Wildman–Crippen MR) is 153 cm³/mol. The first-order chi connectivity index (χ1) is 16.6. The number of carbonyl (C=O) groups excluding carboxylic acids is 1. The molecule has 1 heterocycles. The van der Waals surface area contributed by atoms with Crippen LogP contribution >= 0.6 is 24.6 Å². The van der Waals surface area contributed by atoms with Crippen LogP contribution in [-0.2, 0) is 4.79 Å². The Morgan fingerprint density at radius 2 is 2.06 bits per heavy atom. The highest BCUT2D eigenvalue weighted by molar-refractivity contribution is 7.98. The average molecular weight is 506 g/mol. The van der Waals surface area contributed by atoms with E-state index in [4.69, 9.17) is 0 Å². The summed E-state index contributed by atoms with van der Waals surface area (Å²) in [6.07, 6.45) is 20.1. The van der Waals surface area contributed by atoms with Gasteiger partial charge in [0.25, 0.3) is 0 Å². The quantitative estimate of drug-likeness (QED) is 0.218. The molecule has 1 amide bonds. The molecule has 1 aromatic heterocycles. The zero-order valence-electron chi connectivity index (χ0n) is 21.2. The minimum absolute atomic E-state index is 0.155. The summed E-state index contributed by atoms with van der Waals surface area (Å²) in [6, 6.07) is 7.40. The minimum atomic E-state index is -0.156.